The van der Waals surface area contributed by atoms with Crippen LogP contribution in [-0.2, 0) is 10.0 Å². The number of nitrogens with one attached hydrogen (secondary N) is 1. The maximum Gasteiger partial charge on any atom is 0.262 e. The van der Waals surface area contributed by atoms with Gasteiger partial charge in [0.15, 0.2) is 0 Å². The van der Waals surface area contributed by atoms with E-state index in [0.29, 0.717) is 0 Å². The Balaban J connectivity index is 2.36. The second-order valence-corrected chi connectivity index (χ2v) is 5.48. The Labute approximate surface area is 108 Å². The average Bonchev–Trinajstić information content (AvgIpc) is 2.33. The summed E-state index contributed by atoms with van der Waals surface area (Å²) >= 11 is 0. The zero-order valence-corrected chi connectivity index (χ0v) is 10.4. The van der Waals surface area contributed by atoms with Gasteiger partial charge in [0.1, 0.15) is 11.6 Å². The quantitative estimate of drug-likeness (QED) is 0.850. The Bertz CT molecular complexity index is 717. The number of anilines is 2. The van der Waals surface area contributed by atoms with Gasteiger partial charge in [0.25, 0.3) is 10.0 Å². The summed E-state index contributed by atoms with van der Waals surface area (Å²) in [7, 11) is -4.04. The van der Waals surface area contributed by atoms with Crippen LogP contribution in [0.2, 0.25) is 0 Å². The molecule has 3 N–H and O–H groups in total. The van der Waals surface area contributed by atoms with E-state index < -0.39 is 21.7 Å². The van der Waals surface area contributed by atoms with Crippen molar-refractivity contribution in [3.05, 3.63) is 54.1 Å². The fourth-order valence-corrected chi connectivity index (χ4v) is 2.55. The Morgan fingerprint density at radius 1 is 1.05 bits per heavy atom. The topological polar surface area (TPSA) is 72.2 Å². The van der Waals surface area contributed by atoms with Crippen molar-refractivity contribution in [1.82, 2.24) is 0 Å². The number of nitrogens with two attached hydrogens (primary N) is 1. The third-order valence-electron chi connectivity index (χ3n) is 2.34. The third-order valence-corrected chi connectivity index (χ3v) is 3.71. The highest BCUT2D eigenvalue weighted by Crippen LogP contribution is 2.21. The minimum absolute atomic E-state index is 0.172. The summed E-state index contributed by atoms with van der Waals surface area (Å²) in [6.45, 7) is 0. The van der Waals surface area contributed by atoms with Crippen molar-refractivity contribution >= 4 is 21.4 Å². The molecule has 0 bridgehead atoms. The van der Waals surface area contributed by atoms with E-state index in [-0.39, 0.29) is 16.3 Å². The monoisotopic (exact) mass is 284 g/mol. The van der Waals surface area contributed by atoms with Crippen LogP contribution >= 0.6 is 0 Å². The van der Waals surface area contributed by atoms with Gasteiger partial charge in [0.2, 0.25) is 0 Å². The molecule has 7 heteroatoms. The predicted octanol–water partition coefficient (Wildman–Crippen LogP) is 2.35. The Morgan fingerprint density at radius 3 is 2.42 bits per heavy atom. The van der Waals surface area contributed by atoms with E-state index in [4.69, 9.17) is 5.73 Å². The highest BCUT2D eigenvalue weighted by molar-refractivity contribution is 7.92. The molecule has 0 spiro atoms. The summed E-state index contributed by atoms with van der Waals surface area (Å²) in [6.07, 6.45) is 0. The molecule has 2 aromatic carbocycles. The van der Waals surface area contributed by atoms with Crippen molar-refractivity contribution in [1.29, 1.82) is 0 Å². The first kappa shape index (κ1) is 13.3. The van der Waals surface area contributed by atoms with Crippen LogP contribution in [0.3, 0.4) is 0 Å². The number of nitrogen functional groups attached to an aromatic ring is 1. The predicted molar refractivity (Wildman–Crippen MR) is 68.0 cm³/mol. The van der Waals surface area contributed by atoms with Crippen LogP contribution in [0.25, 0.3) is 0 Å². The fraction of sp³-hybridized carbons (Fsp3) is 0. The molecule has 0 atom stereocenters. The molecule has 0 saturated heterocycles. The van der Waals surface area contributed by atoms with Gasteiger partial charge in [-0.05, 0) is 36.4 Å². The maximum atomic E-state index is 13.5. The van der Waals surface area contributed by atoms with E-state index >= 15 is 0 Å². The first-order valence-corrected chi connectivity index (χ1v) is 6.70. The summed E-state index contributed by atoms with van der Waals surface area (Å²) in [5.41, 5.74) is 5.28. The lowest BCUT2D eigenvalue weighted by atomic mass is 10.3. The molecule has 19 heavy (non-hydrogen) atoms. The molecule has 0 heterocycles. The lowest BCUT2D eigenvalue weighted by molar-refractivity contribution is 0.593. The van der Waals surface area contributed by atoms with Gasteiger partial charge < -0.3 is 5.73 Å². The van der Waals surface area contributed by atoms with Crippen molar-refractivity contribution in [2.45, 2.75) is 4.90 Å². The van der Waals surface area contributed by atoms with Gasteiger partial charge in [-0.1, -0.05) is 6.07 Å². The summed E-state index contributed by atoms with van der Waals surface area (Å²) in [4.78, 5) is -0.288. The molecule has 2 rings (SSSR count). The van der Waals surface area contributed by atoms with Crippen LogP contribution < -0.4 is 10.5 Å². The standard InChI is InChI=1S/C12H10F2N2O2S/c13-8-2-1-3-10(6-8)19(17,18)16-12-5-4-9(15)7-11(12)14/h1-7,16H,15H2. The van der Waals surface area contributed by atoms with E-state index in [9.17, 15) is 17.2 Å². The van der Waals surface area contributed by atoms with Crippen molar-refractivity contribution in [3.63, 3.8) is 0 Å². The van der Waals surface area contributed by atoms with Gasteiger partial charge in [-0.3, -0.25) is 4.72 Å². The van der Waals surface area contributed by atoms with Crippen LogP contribution in [-0.4, -0.2) is 8.42 Å². The molecule has 0 aliphatic heterocycles. The van der Waals surface area contributed by atoms with Gasteiger partial charge in [-0.25, -0.2) is 17.2 Å². The molecule has 100 valence electrons. The molecule has 0 aliphatic rings. The minimum atomic E-state index is -4.04. The molecule has 4 nitrogen and oxygen atoms in total. The lowest BCUT2D eigenvalue weighted by Gasteiger charge is -2.09. The fourth-order valence-electron chi connectivity index (χ4n) is 1.45. The Kier molecular flexibility index (Phi) is 3.39. The van der Waals surface area contributed by atoms with Crippen LogP contribution in [0.15, 0.2) is 47.4 Å². The highest BCUT2D eigenvalue weighted by atomic mass is 32.2. The zero-order valence-electron chi connectivity index (χ0n) is 9.60. The molecule has 0 radical (unpaired) electrons. The van der Waals surface area contributed by atoms with Crippen LogP contribution in [0, 0.1) is 11.6 Å². The number of hydrogen-bond acceptors (Lipinski definition) is 3. The van der Waals surface area contributed by atoms with Crippen LogP contribution in [0.5, 0.6) is 0 Å². The first-order valence-electron chi connectivity index (χ1n) is 5.22. The SMILES string of the molecule is Nc1ccc(NS(=O)(=O)c2cccc(F)c2)c(F)c1. The molecule has 0 saturated carbocycles. The van der Waals surface area contributed by atoms with E-state index in [1.165, 1.54) is 24.3 Å². The summed E-state index contributed by atoms with van der Waals surface area (Å²) < 4.78 is 52.3. The first-order chi connectivity index (χ1) is 8.88. The van der Waals surface area contributed by atoms with Crippen molar-refractivity contribution in [2.24, 2.45) is 0 Å². The average molecular weight is 284 g/mol. The van der Waals surface area contributed by atoms with Crippen molar-refractivity contribution in [3.8, 4) is 0 Å². The van der Waals surface area contributed by atoms with E-state index in [1.807, 2.05) is 4.72 Å². The van der Waals surface area contributed by atoms with Gasteiger partial charge in [-0.2, -0.15) is 0 Å². The second-order valence-electron chi connectivity index (χ2n) is 3.80. The van der Waals surface area contributed by atoms with E-state index in [1.54, 1.807) is 0 Å². The molecular formula is C12H10F2N2O2S. The highest BCUT2D eigenvalue weighted by Gasteiger charge is 2.16. The van der Waals surface area contributed by atoms with E-state index in [0.717, 1.165) is 18.2 Å². The number of halogens is 2. The summed E-state index contributed by atoms with van der Waals surface area (Å²) in [5.74, 6) is -1.50. The minimum Gasteiger partial charge on any atom is -0.399 e. The molecule has 2 aromatic rings. The number of sulfonamides is 1. The second kappa shape index (κ2) is 4.85. The molecule has 0 aromatic heterocycles. The van der Waals surface area contributed by atoms with Gasteiger partial charge in [0, 0.05) is 5.69 Å². The van der Waals surface area contributed by atoms with Crippen LogP contribution in [0.1, 0.15) is 0 Å². The van der Waals surface area contributed by atoms with Crippen LogP contribution in [0.4, 0.5) is 20.2 Å². The zero-order chi connectivity index (χ0) is 14.0. The summed E-state index contributed by atoms with van der Waals surface area (Å²) in [5, 5.41) is 0. The maximum absolute atomic E-state index is 13.5. The van der Waals surface area contributed by atoms with Gasteiger partial charge >= 0.3 is 0 Å². The molecule has 0 amide bonds. The Hall–Kier alpha value is -2.15. The van der Waals surface area contributed by atoms with Gasteiger partial charge in [0.05, 0.1) is 10.6 Å². The van der Waals surface area contributed by atoms with Crippen molar-refractivity contribution in [2.75, 3.05) is 10.5 Å². The smallest absolute Gasteiger partial charge is 0.262 e. The largest absolute Gasteiger partial charge is 0.399 e. The van der Waals surface area contributed by atoms with E-state index in [2.05, 4.69) is 0 Å². The van der Waals surface area contributed by atoms with Gasteiger partial charge in [-0.15, -0.1) is 0 Å². The number of hydrogen-bond donors (Lipinski definition) is 2. The third kappa shape index (κ3) is 3.00. The normalized spacial score (nSPS) is 11.3. The lowest BCUT2D eigenvalue weighted by Crippen LogP contribution is -2.14. The number of benzene rings is 2. The molecule has 0 unspecified atom stereocenters. The molecule has 0 fully saturated rings. The summed E-state index contributed by atoms with van der Waals surface area (Å²) in [6, 6.07) is 7.96. The molecular weight excluding hydrogens is 274 g/mol. The number of rotatable bonds is 3. The van der Waals surface area contributed by atoms with Crippen molar-refractivity contribution < 1.29 is 17.2 Å². The molecule has 0 aliphatic carbocycles. The Morgan fingerprint density at radius 2 is 1.79 bits per heavy atom.